The molecule has 0 heterocycles. The van der Waals surface area contributed by atoms with Crippen molar-refractivity contribution < 1.29 is 17.9 Å². The zero-order valence-corrected chi connectivity index (χ0v) is 15.3. The highest BCUT2D eigenvalue weighted by atomic mass is 79.9. The van der Waals surface area contributed by atoms with Crippen LogP contribution in [-0.2, 0) is 0 Å². The second kappa shape index (κ2) is 7.81. The van der Waals surface area contributed by atoms with E-state index in [0.29, 0.717) is 5.92 Å². The van der Waals surface area contributed by atoms with Crippen molar-refractivity contribution in [3.63, 3.8) is 0 Å². The molecule has 0 bridgehead atoms. The maximum Gasteiger partial charge on any atom is 0.573 e. The molecule has 1 aliphatic rings. The molecule has 1 nitrogen and oxygen atoms in total. The van der Waals surface area contributed by atoms with E-state index in [0.717, 1.165) is 22.4 Å². The molecule has 0 amide bonds. The van der Waals surface area contributed by atoms with Crippen LogP contribution in [0.15, 0.2) is 48.5 Å². The summed E-state index contributed by atoms with van der Waals surface area (Å²) >= 11 is 3.57. The van der Waals surface area contributed by atoms with Gasteiger partial charge in [-0.05, 0) is 66.3 Å². The van der Waals surface area contributed by atoms with Gasteiger partial charge in [-0.1, -0.05) is 52.3 Å². The summed E-state index contributed by atoms with van der Waals surface area (Å²) in [5.74, 6) is 1.22. The van der Waals surface area contributed by atoms with E-state index in [2.05, 4.69) is 32.8 Å². The van der Waals surface area contributed by atoms with Crippen LogP contribution in [0.2, 0.25) is 0 Å². The summed E-state index contributed by atoms with van der Waals surface area (Å²) in [5, 5.41) is 1.09. The Morgan fingerprint density at radius 1 is 0.840 bits per heavy atom. The Balaban J connectivity index is 1.66. The molecule has 0 aromatic heterocycles. The molecule has 1 saturated carbocycles. The van der Waals surface area contributed by atoms with Crippen LogP contribution in [0.1, 0.15) is 37.2 Å². The summed E-state index contributed by atoms with van der Waals surface area (Å²) in [4.78, 5) is 0. The van der Waals surface area contributed by atoms with E-state index in [1.165, 1.54) is 43.4 Å². The lowest BCUT2D eigenvalue weighted by atomic mass is 9.79. The van der Waals surface area contributed by atoms with Crippen molar-refractivity contribution in [3.05, 3.63) is 54.1 Å². The first-order valence-corrected chi connectivity index (χ1v) is 9.59. The predicted octanol–water partition coefficient (Wildman–Crippen LogP) is 6.92. The van der Waals surface area contributed by atoms with Gasteiger partial charge in [0.1, 0.15) is 5.75 Å². The Morgan fingerprint density at radius 3 is 1.84 bits per heavy atom. The van der Waals surface area contributed by atoms with E-state index in [9.17, 15) is 13.2 Å². The van der Waals surface area contributed by atoms with Crippen LogP contribution in [0.5, 0.6) is 5.75 Å². The molecule has 1 fully saturated rings. The van der Waals surface area contributed by atoms with Gasteiger partial charge >= 0.3 is 6.36 Å². The first-order valence-electron chi connectivity index (χ1n) is 8.47. The molecule has 134 valence electrons. The molecule has 0 radical (unpaired) electrons. The molecular formula is C20H20BrF3O. The summed E-state index contributed by atoms with van der Waals surface area (Å²) in [6, 6.07) is 14.4. The molecule has 2 aromatic carbocycles. The molecule has 0 N–H and O–H groups in total. The monoisotopic (exact) mass is 412 g/mol. The predicted molar refractivity (Wildman–Crippen MR) is 97.1 cm³/mol. The fourth-order valence-corrected chi connectivity index (χ4v) is 4.09. The quantitative estimate of drug-likeness (QED) is 0.495. The minimum absolute atomic E-state index is 0.198. The average molecular weight is 413 g/mol. The van der Waals surface area contributed by atoms with E-state index in [1.807, 2.05) is 12.1 Å². The molecule has 0 spiro atoms. The summed E-state index contributed by atoms with van der Waals surface area (Å²) < 4.78 is 40.5. The first-order chi connectivity index (χ1) is 11.9. The Bertz CT molecular complexity index is 672. The minimum Gasteiger partial charge on any atom is -0.406 e. The zero-order valence-electron chi connectivity index (χ0n) is 13.7. The number of ether oxygens (including phenoxy) is 1. The number of benzene rings is 2. The topological polar surface area (TPSA) is 9.23 Å². The van der Waals surface area contributed by atoms with Gasteiger partial charge in [-0.3, -0.25) is 0 Å². The van der Waals surface area contributed by atoms with Gasteiger partial charge in [-0.2, -0.15) is 0 Å². The van der Waals surface area contributed by atoms with Gasteiger partial charge in [0, 0.05) is 5.33 Å². The standard InChI is InChI=1S/C20H20BrF3O/c21-13-14-1-3-15(4-2-14)16-5-7-17(8-6-16)18-9-11-19(12-10-18)25-20(22,23)24/h5-12,14-15H,1-4,13H2/t14-,15-. The highest BCUT2D eigenvalue weighted by molar-refractivity contribution is 9.09. The second-order valence-corrected chi connectivity index (χ2v) is 7.21. The molecule has 5 heteroatoms. The van der Waals surface area contributed by atoms with Gasteiger partial charge in [-0.15, -0.1) is 13.2 Å². The van der Waals surface area contributed by atoms with E-state index in [1.54, 1.807) is 12.1 Å². The van der Waals surface area contributed by atoms with Gasteiger partial charge in [0.05, 0.1) is 0 Å². The van der Waals surface area contributed by atoms with Crippen LogP contribution in [0, 0.1) is 5.92 Å². The smallest absolute Gasteiger partial charge is 0.406 e. The third kappa shape index (κ3) is 5.00. The SMILES string of the molecule is FC(F)(F)Oc1ccc(-c2ccc([C@H]3CC[C@H](CBr)CC3)cc2)cc1. The van der Waals surface area contributed by atoms with Gasteiger partial charge in [0.25, 0.3) is 0 Å². The van der Waals surface area contributed by atoms with E-state index < -0.39 is 6.36 Å². The van der Waals surface area contributed by atoms with Crippen LogP contribution in [0.3, 0.4) is 0 Å². The van der Waals surface area contributed by atoms with Crippen LogP contribution in [0.4, 0.5) is 13.2 Å². The molecule has 3 rings (SSSR count). The average Bonchev–Trinajstić information content (AvgIpc) is 2.61. The summed E-state index contributed by atoms with van der Waals surface area (Å²) in [6.07, 6.45) is 0.311. The number of alkyl halides is 4. The maximum absolute atomic E-state index is 12.2. The molecule has 1 aliphatic carbocycles. The Kier molecular flexibility index (Phi) is 5.72. The van der Waals surface area contributed by atoms with Crippen LogP contribution in [-0.4, -0.2) is 11.7 Å². The fraction of sp³-hybridized carbons (Fsp3) is 0.400. The Hall–Kier alpha value is -1.49. The Morgan fingerprint density at radius 2 is 1.36 bits per heavy atom. The van der Waals surface area contributed by atoms with Crippen LogP contribution < -0.4 is 4.74 Å². The van der Waals surface area contributed by atoms with E-state index in [4.69, 9.17) is 0 Å². The molecule has 0 saturated heterocycles. The summed E-state index contributed by atoms with van der Waals surface area (Å²) in [5.41, 5.74) is 3.23. The normalized spacial score (nSPS) is 21.1. The third-order valence-electron chi connectivity index (χ3n) is 4.87. The van der Waals surface area contributed by atoms with Crippen LogP contribution >= 0.6 is 15.9 Å². The lowest BCUT2D eigenvalue weighted by molar-refractivity contribution is -0.274. The summed E-state index contributed by atoms with van der Waals surface area (Å²) in [6.45, 7) is 0. The highest BCUT2D eigenvalue weighted by Crippen LogP contribution is 2.37. The first kappa shape index (κ1) is 18.3. The van der Waals surface area contributed by atoms with E-state index >= 15 is 0 Å². The molecule has 0 unspecified atom stereocenters. The highest BCUT2D eigenvalue weighted by Gasteiger charge is 2.31. The van der Waals surface area contributed by atoms with Crippen molar-refractivity contribution in [1.82, 2.24) is 0 Å². The lowest BCUT2D eigenvalue weighted by Crippen LogP contribution is -2.16. The zero-order chi connectivity index (χ0) is 17.9. The Labute approximate surface area is 154 Å². The van der Waals surface area contributed by atoms with Gasteiger partial charge in [0.2, 0.25) is 0 Å². The number of rotatable bonds is 4. The maximum atomic E-state index is 12.2. The lowest BCUT2D eigenvalue weighted by Gasteiger charge is -2.27. The number of halogens is 4. The van der Waals surface area contributed by atoms with Crippen molar-refractivity contribution >= 4 is 15.9 Å². The van der Waals surface area contributed by atoms with Crippen molar-refractivity contribution in [2.24, 2.45) is 5.92 Å². The van der Waals surface area contributed by atoms with Crippen molar-refractivity contribution in [2.75, 3.05) is 5.33 Å². The number of hydrogen-bond donors (Lipinski definition) is 0. The van der Waals surface area contributed by atoms with Gasteiger partial charge in [-0.25, -0.2) is 0 Å². The van der Waals surface area contributed by atoms with Crippen molar-refractivity contribution in [2.45, 2.75) is 38.0 Å². The molecule has 25 heavy (non-hydrogen) atoms. The third-order valence-corrected chi connectivity index (χ3v) is 5.78. The van der Waals surface area contributed by atoms with Crippen molar-refractivity contribution in [3.8, 4) is 16.9 Å². The molecule has 0 atom stereocenters. The van der Waals surface area contributed by atoms with E-state index in [-0.39, 0.29) is 5.75 Å². The fourth-order valence-electron chi connectivity index (χ4n) is 3.45. The van der Waals surface area contributed by atoms with Crippen LogP contribution in [0.25, 0.3) is 11.1 Å². The molecule has 2 aromatic rings. The summed E-state index contributed by atoms with van der Waals surface area (Å²) in [7, 11) is 0. The van der Waals surface area contributed by atoms with Crippen molar-refractivity contribution in [1.29, 1.82) is 0 Å². The molecule has 0 aliphatic heterocycles. The number of hydrogen-bond acceptors (Lipinski definition) is 1. The largest absolute Gasteiger partial charge is 0.573 e. The second-order valence-electron chi connectivity index (χ2n) is 6.57. The van der Waals surface area contributed by atoms with Gasteiger partial charge in [0.15, 0.2) is 0 Å². The van der Waals surface area contributed by atoms with Gasteiger partial charge < -0.3 is 4.74 Å². The molecular weight excluding hydrogens is 393 g/mol. The minimum atomic E-state index is -4.66.